The largest absolute Gasteiger partial charge is 0.493 e. The summed E-state index contributed by atoms with van der Waals surface area (Å²) in [4.78, 5) is 0. The molecule has 1 fully saturated rings. The average molecular weight is 330 g/mol. The Morgan fingerprint density at radius 1 is 1.38 bits per heavy atom. The minimum atomic E-state index is 0.136. The van der Waals surface area contributed by atoms with Gasteiger partial charge in [0.1, 0.15) is 18.1 Å². The topological polar surface area (TPSA) is 31.0 Å². The number of benzene rings is 1. The molecule has 1 aromatic rings. The summed E-state index contributed by atoms with van der Waals surface area (Å²) >= 11 is 0. The van der Waals surface area contributed by atoms with Gasteiger partial charge < -0.3 is 14.2 Å². The van der Waals surface area contributed by atoms with Crippen LogP contribution in [-0.4, -0.2) is 24.9 Å². The third-order valence-corrected chi connectivity index (χ3v) is 5.55. The summed E-state index contributed by atoms with van der Waals surface area (Å²) in [5, 5.41) is 0. The van der Waals surface area contributed by atoms with Gasteiger partial charge in [0.15, 0.2) is 0 Å². The van der Waals surface area contributed by atoms with E-state index < -0.39 is 0 Å². The van der Waals surface area contributed by atoms with Crippen LogP contribution in [0.3, 0.4) is 0 Å². The van der Waals surface area contributed by atoms with E-state index in [0.717, 1.165) is 43.8 Å². The van der Waals surface area contributed by atoms with Gasteiger partial charge in [-0.25, -0.2) is 0 Å². The van der Waals surface area contributed by atoms with Gasteiger partial charge in [0.25, 0.3) is 0 Å². The molecule has 2 aliphatic rings. The van der Waals surface area contributed by atoms with Gasteiger partial charge in [-0.15, -0.1) is 0 Å². The first-order chi connectivity index (χ1) is 11.6. The Morgan fingerprint density at radius 3 is 2.92 bits per heavy atom. The van der Waals surface area contributed by atoms with E-state index in [-0.39, 0.29) is 5.60 Å². The van der Waals surface area contributed by atoms with Gasteiger partial charge in [0, 0.05) is 17.5 Å². The van der Waals surface area contributed by atoms with Crippen LogP contribution in [-0.2, 0) is 4.74 Å². The van der Waals surface area contributed by atoms with Crippen molar-refractivity contribution in [1.29, 1.82) is 0 Å². The number of fused-ring (bicyclic) bond motifs is 1. The SMILES string of the molecule is CCC(=CCOc1ccc2c(c1)OCC2C)CCC1OC1(C)CC. The monoisotopic (exact) mass is 330 g/mol. The predicted molar refractivity (Wildman–Crippen MR) is 97.0 cm³/mol. The minimum absolute atomic E-state index is 0.136. The molecule has 3 atom stereocenters. The number of hydrogen-bond donors (Lipinski definition) is 0. The van der Waals surface area contributed by atoms with E-state index in [0.29, 0.717) is 18.6 Å². The maximum atomic E-state index is 5.90. The van der Waals surface area contributed by atoms with Crippen molar-refractivity contribution in [2.75, 3.05) is 13.2 Å². The van der Waals surface area contributed by atoms with Crippen molar-refractivity contribution in [3.8, 4) is 11.5 Å². The number of rotatable bonds is 8. The standard InChI is InChI=1S/C21H30O3/c1-5-16(7-10-20-21(4,6-2)24-20)11-12-22-17-8-9-18-15(3)14-23-19(18)13-17/h8-9,11,13,15,20H,5-7,10,12,14H2,1-4H3. The zero-order chi connectivity index (χ0) is 17.2. The third kappa shape index (κ3) is 3.77. The fourth-order valence-electron chi connectivity index (χ4n) is 3.40. The Kier molecular flexibility index (Phi) is 5.19. The molecule has 3 unspecified atom stereocenters. The molecule has 0 bridgehead atoms. The Morgan fingerprint density at radius 2 is 2.21 bits per heavy atom. The molecule has 1 aromatic carbocycles. The molecular weight excluding hydrogens is 300 g/mol. The van der Waals surface area contributed by atoms with Crippen LogP contribution in [0.2, 0.25) is 0 Å². The molecule has 0 radical (unpaired) electrons. The lowest BCUT2D eigenvalue weighted by Gasteiger charge is -2.08. The highest BCUT2D eigenvalue weighted by atomic mass is 16.6. The second-order valence-electron chi connectivity index (χ2n) is 7.25. The van der Waals surface area contributed by atoms with Crippen LogP contribution in [0.25, 0.3) is 0 Å². The van der Waals surface area contributed by atoms with Crippen LogP contribution in [0.1, 0.15) is 64.9 Å². The molecule has 0 amide bonds. The van der Waals surface area contributed by atoms with Gasteiger partial charge in [0.05, 0.1) is 18.3 Å². The van der Waals surface area contributed by atoms with Crippen LogP contribution in [0.15, 0.2) is 29.8 Å². The molecule has 0 spiro atoms. The third-order valence-electron chi connectivity index (χ3n) is 5.55. The van der Waals surface area contributed by atoms with E-state index in [4.69, 9.17) is 14.2 Å². The molecule has 2 aliphatic heterocycles. The zero-order valence-electron chi connectivity index (χ0n) is 15.4. The summed E-state index contributed by atoms with van der Waals surface area (Å²) in [6.07, 6.45) is 7.06. The van der Waals surface area contributed by atoms with Crippen LogP contribution >= 0.6 is 0 Å². The lowest BCUT2D eigenvalue weighted by molar-refractivity contribution is 0.300. The molecule has 3 nitrogen and oxygen atoms in total. The summed E-state index contributed by atoms with van der Waals surface area (Å²) in [5.74, 6) is 2.35. The molecule has 0 aliphatic carbocycles. The average Bonchev–Trinajstić information content (AvgIpc) is 3.12. The quantitative estimate of drug-likeness (QED) is 0.482. The van der Waals surface area contributed by atoms with E-state index in [1.165, 1.54) is 11.1 Å². The fourth-order valence-corrected chi connectivity index (χ4v) is 3.40. The highest BCUT2D eigenvalue weighted by Crippen LogP contribution is 2.42. The minimum Gasteiger partial charge on any atom is -0.493 e. The maximum Gasteiger partial charge on any atom is 0.126 e. The van der Waals surface area contributed by atoms with Crippen LogP contribution in [0.5, 0.6) is 11.5 Å². The summed E-state index contributed by atoms with van der Waals surface area (Å²) in [5.41, 5.74) is 2.88. The summed E-state index contributed by atoms with van der Waals surface area (Å²) in [6.45, 7) is 10.2. The molecule has 0 N–H and O–H groups in total. The summed E-state index contributed by atoms with van der Waals surface area (Å²) < 4.78 is 17.4. The highest BCUT2D eigenvalue weighted by Gasteiger charge is 2.49. The van der Waals surface area contributed by atoms with Gasteiger partial charge in [-0.3, -0.25) is 0 Å². The normalized spacial score (nSPS) is 28.4. The van der Waals surface area contributed by atoms with Crippen molar-refractivity contribution in [2.24, 2.45) is 0 Å². The first-order valence-corrected chi connectivity index (χ1v) is 9.31. The van der Waals surface area contributed by atoms with E-state index in [9.17, 15) is 0 Å². The molecule has 0 saturated carbocycles. The molecule has 2 heterocycles. The van der Waals surface area contributed by atoms with Gasteiger partial charge in [0.2, 0.25) is 0 Å². The number of hydrogen-bond acceptors (Lipinski definition) is 3. The van der Waals surface area contributed by atoms with Crippen molar-refractivity contribution < 1.29 is 14.2 Å². The Hall–Kier alpha value is -1.48. The number of ether oxygens (including phenoxy) is 3. The molecule has 0 aromatic heterocycles. The van der Waals surface area contributed by atoms with Crippen molar-refractivity contribution in [3.05, 3.63) is 35.4 Å². The fraction of sp³-hybridized carbons (Fsp3) is 0.619. The molecule has 3 heteroatoms. The van der Waals surface area contributed by atoms with Gasteiger partial charge in [-0.1, -0.05) is 32.4 Å². The Bertz CT molecular complexity index is 607. The van der Waals surface area contributed by atoms with Crippen molar-refractivity contribution in [2.45, 2.75) is 71.0 Å². The number of epoxide rings is 1. The molecule has 1 saturated heterocycles. The highest BCUT2D eigenvalue weighted by molar-refractivity contribution is 5.45. The van der Waals surface area contributed by atoms with E-state index in [1.807, 2.05) is 12.1 Å². The first kappa shape index (κ1) is 17.3. The smallest absolute Gasteiger partial charge is 0.126 e. The zero-order valence-corrected chi connectivity index (χ0v) is 15.4. The first-order valence-electron chi connectivity index (χ1n) is 9.31. The van der Waals surface area contributed by atoms with Crippen LogP contribution < -0.4 is 9.47 Å². The lowest BCUT2D eigenvalue weighted by Crippen LogP contribution is -2.07. The molecule has 24 heavy (non-hydrogen) atoms. The Labute approximate surface area is 146 Å². The maximum absolute atomic E-state index is 5.90. The van der Waals surface area contributed by atoms with Gasteiger partial charge >= 0.3 is 0 Å². The van der Waals surface area contributed by atoms with Crippen molar-refractivity contribution >= 4 is 0 Å². The molecular formula is C21H30O3. The Balaban J connectivity index is 1.48. The second kappa shape index (κ2) is 7.18. The summed E-state index contributed by atoms with van der Waals surface area (Å²) in [7, 11) is 0. The van der Waals surface area contributed by atoms with Crippen LogP contribution in [0, 0.1) is 0 Å². The van der Waals surface area contributed by atoms with Crippen LogP contribution in [0.4, 0.5) is 0 Å². The van der Waals surface area contributed by atoms with E-state index in [2.05, 4.69) is 39.8 Å². The second-order valence-corrected chi connectivity index (χ2v) is 7.25. The molecule has 132 valence electrons. The number of allylic oxidation sites excluding steroid dienone is 1. The molecule has 3 rings (SSSR count). The van der Waals surface area contributed by atoms with Crippen molar-refractivity contribution in [3.63, 3.8) is 0 Å². The van der Waals surface area contributed by atoms with Gasteiger partial charge in [-0.05, 0) is 44.7 Å². The lowest BCUT2D eigenvalue weighted by atomic mass is 9.98. The summed E-state index contributed by atoms with van der Waals surface area (Å²) in [6, 6.07) is 6.19. The van der Waals surface area contributed by atoms with E-state index in [1.54, 1.807) is 0 Å². The van der Waals surface area contributed by atoms with Gasteiger partial charge in [-0.2, -0.15) is 0 Å². The predicted octanol–water partition coefficient (Wildman–Crippen LogP) is 5.25. The van der Waals surface area contributed by atoms with E-state index >= 15 is 0 Å². The van der Waals surface area contributed by atoms with Crippen molar-refractivity contribution in [1.82, 2.24) is 0 Å².